The molecule has 0 radical (unpaired) electrons. The van der Waals surface area contributed by atoms with Crippen LogP contribution in [0, 0.1) is 5.92 Å². The van der Waals surface area contributed by atoms with Crippen LogP contribution in [0.4, 0.5) is 0 Å². The van der Waals surface area contributed by atoms with Crippen LogP contribution in [0.25, 0.3) is 0 Å². The Morgan fingerprint density at radius 1 is 1.53 bits per heavy atom. The molecule has 0 aromatic carbocycles. The van der Waals surface area contributed by atoms with Crippen LogP contribution < -0.4 is 5.32 Å². The highest BCUT2D eigenvalue weighted by Gasteiger charge is 2.29. The minimum absolute atomic E-state index is 0.0270. The molecule has 0 spiro atoms. The zero-order chi connectivity index (χ0) is 11.7. The molecule has 1 fully saturated rings. The van der Waals surface area contributed by atoms with E-state index in [2.05, 4.69) is 5.32 Å². The average Bonchev–Trinajstić information content (AvgIpc) is 2.39. The summed E-state index contributed by atoms with van der Waals surface area (Å²) in [4.78, 5) is 0. The normalized spacial score (nSPS) is 27.9. The van der Waals surface area contributed by atoms with Gasteiger partial charge in [0.05, 0.1) is 17.1 Å². The molecule has 2 N–H and O–H groups in total. The number of nitrogens with one attached hydrogen (secondary N) is 1. The molecular weight excluding hydrogens is 214 g/mol. The summed E-state index contributed by atoms with van der Waals surface area (Å²) in [6.45, 7) is 6.07. The van der Waals surface area contributed by atoms with Gasteiger partial charge in [0.2, 0.25) is 0 Å². The van der Waals surface area contributed by atoms with E-state index in [9.17, 15) is 13.5 Å². The zero-order valence-corrected chi connectivity index (χ0v) is 10.5. The molecule has 0 aromatic rings. The lowest BCUT2D eigenvalue weighted by atomic mass is 10.00. The Morgan fingerprint density at radius 2 is 2.13 bits per heavy atom. The molecule has 1 aliphatic rings. The molecule has 2 unspecified atom stereocenters. The molecule has 0 bridgehead atoms. The topological polar surface area (TPSA) is 66.4 Å². The third-order valence-corrected chi connectivity index (χ3v) is 4.94. The minimum atomic E-state index is -2.78. The highest BCUT2D eigenvalue weighted by molar-refractivity contribution is 7.91. The van der Waals surface area contributed by atoms with Gasteiger partial charge in [-0.1, -0.05) is 0 Å². The molecule has 1 aliphatic heterocycles. The highest BCUT2D eigenvalue weighted by atomic mass is 32.2. The first kappa shape index (κ1) is 12.9. The Bertz CT molecular complexity index is 305. The van der Waals surface area contributed by atoms with Gasteiger partial charge in [-0.2, -0.15) is 0 Å². The second kappa shape index (κ2) is 4.39. The first-order valence-electron chi connectivity index (χ1n) is 5.37. The molecule has 1 heterocycles. The summed E-state index contributed by atoms with van der Waals surface area (Å²) in [6, 6.07) is -0.0270. The molecule has 0 aromatic heterocycles. The van der Waals surface area contributed by atoms with E-state index in [4.69, 9.17) is 0 Å². The van der Waals surface area contributed by atoms with Gasteiger partial charge < -0.3 is 10.4 Å². The predicted molar refractivity (Wildman–Crippen MR) is 60.5 cm³/mol. The van der Waals surface area contributed by atoms with Crippen molar-refractivity contribution in [3.8, 4) is 0 Å². The van der Waals surface area contributed by atoms with Crippen molar-refractivity contribution in [1.29, 1.82) is 0 Å². The van der Waals surface area contributed by atoms with Crippen LogP contribution in [0.1, 0.15) is 27.2 Å². The third kappa shape index (κ3) is 4.09. The third-order valence-electron chi connectivity index (χ3n) is 3.10. The van der Waals surface area contributed by atoms with Gasteiger partial charge in [-0.05, 0) is 39.7 Å². The lowest BCUT2D eigenvalue weighted by Crippen LogP contribution is -2.46. The predicted octanol–water partition coefficient (Wildman–Crippen LogP) is 0.170. The van der Waals surface area contributed by atoms with Crippen molar-refractivity contribution < 1.29 is 13.5 Å². The van der Waals surface area contributed by atoms with E-state index in [0.717, 1.165) is 6.42 Å². The lowest BCUT2D eigenvalue weighted by molar-refractivity contribution is 0.0432. The van der Waals surface area contributed by atoms with Gasteiger partial charge >= 0.3 is 0 Å². The van der Waals surface area contributed by atoms with E-state index in [1.165, 1.54) is 0 Å². The molecule has 15 heavy (non-hydrogen) atoms. The molecule has 5 heteroatoms. The van der Waals surface area contributed by atoms with Gasteiger partial charge in [0, 0.05) is 6.04 Å². The molecule has 2 atom stereocenters. The Kier molecular flexibility index (Phi) is 3.79. The van der Waals surface area contributed by atoms with Crippen LogP contribution >= 0.6 is 0 Å². The van der Waals surface area contributed by atoms with Crippen LogP contribution in [-0.4, -0.2) is 43.2 Å². The van der Waals surface area contributed by atoms with Crippen molar-refractivity contribution in [2.24, 2.45) is 5.92 Å². The van der Waals surface area contributed by atoms with Gasteiger partial charge in [0.1, 0.15) is 0 Å². The van der Waals surface area contributed by atoms with Gasteiger partial charge in [0.15, 0.2) is 9.84 Å². The maximum absolute atomic E-state index is 11.2. The summed E-state index contributed by atoms with van der Waals surface area (Å²) in [5.41, 5.74) is -0.766. The molecule has 0 amide bonds. The number of aliphatic hydroxyl groups is 1. The molecule has 4 nitrogen and oxygen atoms in total. The summed E-state index contributed by atoms with van der Waals surface area (Å²) in [5, 5.41) is 12.9. The highest BCUT2D eigenvalue weighted by Crippen LogP contribution is 2.18. The van der Waals surface area contributed by atoms with E-state index < -0.39 is 15.4 Å². The van der Waals surface area contributed by atoms with E-state index in [0.29, 0.717) is 18.1 Å². The molecular formula is C10H21NO3S. The Hall–Kier alpha value is -0.130. The van der Waals surface area contributed by atoms with Crippen LogP contribution in [-0.2, 0) is 9.84 Å². The molecule has 0 aliphatic carbocycles. The van der Waals surface area contributed by atoms with Gasteiger partial charge in [-0.25, -0.2) is 8.42 Å². The fourth-order valence-corrected chi connectivity index (χ4v) is 3.49. The fraction of sp³-hybridized carbons (Fsp3) is 1.00. The zero-order valence-electron chi connectivity index (χ0n) is 9.66. The van der Waals surface area contributed by atoms with Crippen LogP contribution in [0.3, 0.4) is 0 Å². The fourth-order valence-electron chi connectivity index (χ4n) is 1.63. The van der Waals surface area contributed by atoms with Gasteiger partial charge in [0.25, 0.3) is 0 Å². The van der Waals surface area contributed by atoms with Crippen molar-refractivity contribution in [2.75, 3.05) is 18.1 Å². The minimum Gasteiger partial charge on any atom is -0.389 e. The first-order chi connectivity index (χ1) is 6.71. The van der Waals surface area contributed by atoms with E-state index in [1.54, 1.807) is 13.8 Å². The summed E-state index contributed by atoms with van der Waals surface area (Å²) in [7, 11) is -2.78. The summed E-state index contributed by atoms with van der Waals surface area (Å²) >= 11 is 0. The van der Waals surface area contributed by atoms with Crippen molar-refractivity contribution in [3.63, 3.8) is 0 Å². The number of hydrogen-bond donors (Lipinski definition) is 2. The van der Waals surface area contributed by atoms with Crippen LogP contribution in [0.5, 0.6) is 0 Å². The number of sulfone groups is 1. The summed E-state index contributed by atoms with van der Waals surface area (Å²) in [5.74, 6) is 0.814. The molecule has 1 saturated heterocycles. The van der Waals surface area contributed by atoms with Crippen molar-refractivity contribution in [1.82, 2.24) is 5.32 Å². The standard InChI is InChI=1S/C10H21NO3S/c1-8(10(2,3)12)11-6-9-4-5-15(13,14)7-9/h8-9,11-12H,4-7H2,1-3H3. The second-order valence-corrected chi connectivity index (χ2v) is 7.28. The summed E-state index contributed by atoms with van der Waals surface area (Å²) in [6.07, 6.45) is 0.744. The maximum Gasteiger partial charge on any atom is 0.150 e. The van der Waals surface area contributed by atoms with Crippen molar-refractivity contribution in [3.05, 3.63) is 0 Å². The van der Waals surface area contributed by atoms with E-state index in [1.807, 2.05) is 6.92 Å². The Morgan fingerprint density at radius 3 is 2.53 bits per heavy atom. The van der Waals surface area contributed by atoms with Crippen molar-refractivity contribution in [2.45, 2.75) is 38.8 Å². The monoisotopic (exact) mass is 235 g/mol. The van der Waals surface area contributed by atoms with E-state index in [-0.39, 0.29) is 12.0 Å². The largest absolute Gasteiger partial charge is 0.389 e. The first-order valence-corrected chi connectivity index (χ1v) is 7.19. The molecule has 90 valence electrons. The Labute approximate surface area is 92.0 Å². The Balaban J connectivity index is 2.34. The second-order valence-electron chi connectivity index (χ2n) is 5.05. The number of hydrogen-bond acceptors (Lipinski definition) is 4. The quantitative estimate of drug-likeness (QED) is 0.729. The lowest BCUT2D eigenvalue weighted by Gasteiger charge is -2.27. The average molecular weight is 235 g/mol. The van der Waals surface area contributed by atoms with Gasteiger partial charge in [-0.3, -0.25) is 0 Å². The van der Waals surface area contributed by atoms with Crippen LogP contribution in [0.2, 0.25) is 0 Å². The van der Waals surface area contributed by atoms with Gasteiger partial charge in [-0.15, -0.1) is 0 Å². The smallest absolute Gasteiger partial charge is 0.150 e. The SMILES string of the molecule is CC(NCC1CCS(=O)(=O)C1)C(C)(C)O. The molecule has 0 saturated carbocycles. The van der Waals surface area contributed by atoms with Crippen LogP contribution in [0.15, 0.2) is 0 Å². The van der Waals surface area contributed by atoms with Crippen molar-refractivity contribution >= 4 is 9.84 Å². The summed E-state index contributed by atoms with van der Waals surface area (Å²) < 4.78 is 22.4. The maximum atomic E-state index is 11.2. The van der Waals surface area contributed by atoms with E-state index >= 15 is 0 Å². The molecule has 1 rings (SSSR count). The number of rotatable bonds is 4.